The first kappa shape index (κ1) is 13.3. The number of nitrogens with zero attached hydrogens (tertiary/aromatic N) is 2. The molecule has 0 aliphatic carbocycles. The number of oxime groups is 1. The summed E-state index contributed by atoms with van der Waals surface area (Å²) < 4.78 is 0. The fourth-order valence-electron chi connectivity index (χ4n) is 1.54. The highest BCUT2D eigenvalue weighted by atomic mass is 16.6. The fraction of sp³-hybridized carbons (Fsp3) is 0.417. The molecule has 0 spiro atoms. The molecule has 5 heteroatoms. The monoisotopic (exact) mass is 236 g/mol. The van der Waals surface area contributed by atoms with Gasteiger partial charge in [0.2, 0.25) is 0 Å². The highest BCUT2D eigenvalue weighted by molar-refractivity contribution is 5.76. The Morgan fingerprint density at radius 3 is 2.65 bits per heavy atom. The number of rotatable bonds is 5. The van der Waals surface area contributed by atoms with Crippen LogP contribution < -0.4 is 16.4 Å². The molecule has 0 saturated carbocycles. The maximum Gasteiger partial charge on any atom is 0.142 e. The zero-order valence-electron chi connectivity index (χ0n) is 10.6. The first-order chi connectivity index (χ1) is 8.04. The van der Waals surface area contributed by atoms with Crippen LogP contribution in [0.5, 0.6) is 0 Å². The Hall–Kier alpha value is -1.75. The molecule has 0 atom stereocenters. The van der Waals surface area contributed by atoms with Crippen molar-refractivity contribution in [1.29, 1.82) is 0 Å². The largest absolute Gasteiger partial charge is 0.390 e. The van der Waals surface area contributed by atoms with Crippen molar-refractivity contribution in [2.24, 2.45) is 16.6 Å². The molecule has 0 radical (unpaired) electrons. The van der Waals surface area contributed by atoms with Crippen LogP contribution in [0.15, 0.2) is 23.4 Å². The summed E-state index contributed by atoms with van der Waals surface area (Å²) in [6.07, 6.45) is 0. The third kappa shape index (κ3) is 3.96. The summed E-state index contributed by atoms with van der Waals surface area (Å²) in [5.74, 6) is 0.411. The SMILES string of the molecule is C/C(N)=N/OCc1ccc(N(C)C)c(CN)c1. The molecule has 94 valence electrons. The molecule has 0 unspecified atom stereocenters. The van der Waals surface area contributed by atoms with Gasteiger partial charge in [0, 0.05) is 26.3 Å². The van der Waals surface area contributed by atoms with E-state index in [9.17, 15) is 0 Å². The molecule has 0 bridgehead atoms. The van der Waals surface area contributed by atoms with Crippen molar-refractivity contribution in [3.05, 3.63) is 29.3 Å². The van der Waals surface area contributed by atoms with E-state index in [1.54, 1.807) is 6.92 Å². The smallest absolute Gasteiger partial charge is 0.142 e. The van der Waals surface area contributed by atoms with Gasteiger partial charge in [0.1, 0.15) is 12.4 Å². The molecular formula is C12H20N4O. The van der Waals surface area contributed by atoms with E-state index in [4.69, 9.17) is 16.3 Å². The second kappa shape index (κ2) is 6.10. The second-order valence-corrected chi connectivity index (χ2v) is 4.07. The fourth-order valence-corrected chi connectivity index (χ4v) is 1.54. The average molecular weight is 236 g/mol. The van der Waals surface area contributed by atoms with Gasteiger partial charge < -0.3 is 21.2 Å². The molecule has 0 fully saturated rings. The molecule has 0 aliphatic heterocycles. The van der Waals surface area contributed by atoms with E-state index in [0.717, 1.165) is 16.8 Å². The van der Waals surface area contributed by atoms with E-state index in [0.29, 0.717) is 19.0 Å². The zero-order chi connectivity index (χ0) is 12.8. The van der Waals surface area contributed by atoms with Gasteiger partial charge in [-0.05, 0) is 30.2 Å². The molecule has 1 aromatic rings. The summed E-state index contributed by atoms with van der Waals surface area (Å²) >= 11 is 0. The predicted molar refractivity (Wildman–Crippen MR) is 70.7 cm³/mol. The molecule has 1 rings (SSSR count). The van der Waals surface area contributed by atoms with Crippen LogP contribution in [0.25, 0.3) is 0 Å². The third-order valence-corrected chi connectivity index (χ3v) is 2.29. The minimum Gasteiger partial charge on any atom is -0.390 e. The van der Waals surface area contributed by atoms with E-state index in [2.05, 4.69) is 5.16 Å². The lowest BCUT2D eigenvalue weighted by Gasteiger charge is -2.17. The molecule has 17 heavy (non-hydrogen) atoms. The summed E-state index contributed by atoms with van der Waals surface area (Å²) in [7, 11) is 3.99. The van der Waals surface area contributed by atoms with Crippen LogP contribution in [0.1, 0.15) is 18.1 Å². The van der Waals surface area contributed by atoms with Crippen molar-refractivity contribution < 1.29 is 4.84 Å². The standard InChI is InChI=1S/C12H20N4O/c1-9(14)15-17-8-10-4-5-12(16(2)3)11(6-10)7-13/h4-6H,7-8,13H2,1-3H3,(H2,14,15). The van der Waals surface area contributed by atoms with Crippen molar-refractivity contribution in [2.45, 2.75) is 20.1 Å². The maximum atomic E-state index is 5.72. The van der Waals surface area contributed by atoms with Crippen molar-refractivity contribution in [3.8, 4) is 0 Å². The number of amidine groups is 1. The van der Waals surface area contributed by atoms with Gasteiger partial charge in [0.15, 0.2) is 0 Å². The zero-order valence-corrected chi connectivity index (χ0v) is 10.6. The highest BCUT2D eigenvalue weighted by Gasteiger charge is 2.04. The lowest BCUT2D eigenvalue weighted by atomic mass is 10.1. The number of nitrogens with two attached hydrogens (primary N) is 2. The molecule has 1 aromatic carbocycles. The summed E-state index contributed by atoms with van der Waals surface area (Å²) in [6.45, 7) is 2.58. The van der Waals surface area contributed by atoms with Crippen molar-refractivity contribution >= 4 is 11.5 Å². The van der Waals surface area contributed by atoms with Gasteiger partial charge in [-0.25, -0.2) is 0 Å². The quantitative estimate of drug-likeness (QED) is 0.454. The normalized spacial score (nSPS) is 11.4. The molecule has 0 saturated heterocycles. The van der Waals surface area contributed by atoms with Gasteiger partial charge in [-0.15, -0.1) is 0 Å². The van der Waals surface area contributed by atoms with E-state index >= 15 is 0 Å². The molecular weight excluding hydrogens is 216 g/mol. The molecule has 0 aliphatic rings. The van der Waals surface area contributed by atoms with Crippen molar-refractivity contribution in [2.75, 3.05) is 19.0 Å². The third-order valence-electron chi connectivity index (χ3n) is 2.29. The Kier molecular flexibility index (Phi) is 4.78. The first-order valence-corrected chi connectivity index (χ1v) is 5.45. The average Bonchev–Trinajstić information content (AvgIpc) is 2.28. The Bertz CT molecular complexity index is 397. The van der Waals surface area contributed by atoms with Crippen LogP contribution in [0.2, 0.25) is 0 Å². The van der Waals surface area contributed by atoms with Crippen LogP contribution >= 0.6 is 0 Å². The minimum atomic E-state index is 0.398. The second-order valence-electron chi connectivity index (χ2n) is 4.07. The lowest BCUT2D eigenvalue weighted by Crippen LogP contribution is -2.13. The first-order valence-electron chi connectivity index (χ1n) is 5.45. The summed E-state index contributed by atoms with van der Waals surface area (Å²) in [5, 5.41) is 3.69. The van der Waals surface area contributed by atoms with Crippen LogP contribution in [-0.4, -0.2) is 19.9 Å². The van der Waals surface area contributed by atoms with Crippen LogP contribution in [0, 0.1) is 0 Å². The number of anilines is 1. The van der Waals surface area contributed by atoms with E-state index in [1.165, 1.54) is 0 Å². The van der Waals surface area contributed by atoms with E-state index < -0.39 is 0 Å². The Balaban J connectivity index is 2.79. The molecule has 0 amide bonds. The van der Waals surface area contributed by atoms with Gasteiger partial charge in [-0.3, -0.25) is 0 Å². The van der Waals surface area contributed by atoms with Gasteiger partial charge in [-0.1, -0.05) is 11.2 Å². The molecule has 5 nitrogen and oxygen atoms in total. The topological polar surface area (TPSA) is 76.9 Å². The van der Waals surface area contributed by atoms with Crippen molar-refractivity contribution in [3.63, 3.8) is 0 Å². The lowest BCUT2D eigenvalue weighted by molar-refractivity contribution is 0.130. The molecule has 4 N–H and O–H groups in total. The van der Waals surface area contributed by atoms with Gasteiger partial charge >= 0.3 is 0 Å². The highest BCUT2D eigenvalue weighted by Crippen LogP contribution is 2.20. The maximum absolute atomic E-state index is 5.72. The summed E-state index contributed by atoms with van der Waals surface area (Å²) in [5.41, 5.74) is 14.3. The summed E-state index contributed by atoms with van der Waals surface area (Å²) in [4.78, 5) is 7.13. The predicted octanol–water partition coefficient (Wildman–Crippen LogP) is 1.02. The minimum absolute atomic E-state index is 0.398. The summed E-state index contributed by atoms with van der Waals surface area (Å²) in [6, 6.07) is 6.05. The number of benzene rings is 1. The van der Waals surface area contributed by atoms with Crippen LogP contribution in [0.3, 0.4) is 0 Å². The molecule has 0 heterocycles. The van der Waals surface area contributed by atoms with Crippen LogP contribution in [0.4, 0.5) is 5.69 Å². The molecule has 0 aromatic heterocycles. The number of hydrogen-bond acceptors (Lipinski definition) is 4. The Labute approximate surface area is 102 Å². The number of hydrogen-bond donors (Lipinski definition) is 2. The van der Waals surface area contributed by atoms with Crippen LogP contribution in [-0.2, 0) is 18.0 Å². The van der Waals surface area contributed by atoms with E-state index in [1.807, 2.05) is 37.2 Å². The van der Waals surface area contributed by atoms with E-state index in [-0.39, 0.29) is 0 Å². The van der Waals surface area contributed by atoms with Gasteiger partial charge in [0.05, 0.1) is 0 Å². The Morgan fingerprint density at radius 2 is 2.12 bits per heavy atom. The van der Waals surface area contributed by atoms with Gasteiger partial charge in [0.25, 0.3) is 0 Å². The van der Waals surface area contributed by atoms with Crippen molar-refractivity contribution in [1.82, 2.24) is 0 Å². The Morgan fingerprint density at radius 1 is 1.41 bits per heavy atom. The van der Waals surface area contributed by atoms with Gasteiger partial charge in [-0.2, -0.15) is 0 Å².